The zero-order chi connectivity index (χ0) is 11.0. The Morgan fingerprint density at radius 3 is 2.27 bits per heavy atom. The molecule has 0 bridgehead atoms. The summed E-state index contributed by atoms with van der Waals surface area (Å²) in [4.78, 5) is 0. The van der Waals surface area contributed by atoms with E-state index in [0.717, 1.165) is 17.1 Å². The van der Waals surface area contributed by atoms with Crippen molar-refractivity contribution in [3.05, 3.63) is 40.7 Å². The summed E-state index contributed by atoms with van der Waals surface area (Å²) in [6.45, 7) is 3.78. The van der Waals surface area contributed by atoms with E-state index >= 15 is 0 Å². The number of hydrogen-bond donors (Lipinski definition) is 1. The van der Waals surface area contributed by atoms with E-state index in [4.69, 9.17) is 11.6 Å². The number of phenolic OH excluding ortho intramolecular Hbond substituents is 1. The van der Waals surface area contributed by atoms with E-state index < -0.39 is 0 Å². The first-order chi connectivity index (χ1) is 7.09. The average Bonchev–Trinajstić information content (AvgIpc) is 2.47. The second kappa shape index (κ2) is 3.59. The number of aryl methyl sites for hydroxylation is 1. The summed E-state index contributed by atoms with van der Waals surface area (Å²) >= 11 is 6.05. The highest BCUT2D eigenvalue weighted by molar-refractivity contribution is 6.31. The fourth-order valence-electron chi connectivity index (χ4n) is 1.47. The molecular formula is C11H11ClN2O. The predicted octanol–water partition coefficient (Wildman–Crippen LogP) is 2.85. The number of benzene rings is 1. The molecule has 1 aromatic carbocycles. The lowest BCUT2D eigenvalue weighted by Crippen LogP contribution is -1.98. The van der Waals surface area contributed by atoms with Crippen molar-refractivity contribution >= 4 is 11.6 Å². The van der Waals surface area contributed by atoms with E-state index in [1.807, 2.05) is 13.8 Å². The summed E-state index contributed by atoms with van der Waals surface area (Å²) in [5.41, 5.74) is 2.60. The summed E-state index contributed by atoms with van der Waals surface area (Å²) in [6, 6.07) is 6.84. The maximum atomic E-state index is 9.18. The van der Waals surface area contributed by atoms with Gasteiger partial charge in [-0.25, -0.2) is 4.68 Å². The number of hydrogen-bond acceptors (Lipinski definition) is 2. The molecule has 1 aromatic heterocycles. The molecule has 0 fully saturated rings. The maximum Gasteiger partial charge on any atom is 0.115 e. The van der Waals surface area contributed by atoms with Crippen molar-refractivity contribution in [2.45, 2.75) is 13.8 Å². The molecule has 2 rings (SSSR count). The molecule has 0 atom stereocenters. The molecule has 1 heterocycles. The lowest BCUT2D eigenvalue weighted by Gasteiger charge is -2.03. The van der Waals surface area contributed by atoms with Gasteiger partial charge in [0, 0.05) is 0 Å². The Morgan fingerprint density at radius 2 is 1.80 bits per heavy atom. The van der Waals surface area contributed by atoms with Crippen LogP contribution in [0.5, 0.6) is 5.75 Å². The van der Waals surface area contributed by atoms with Gasteiger partial charge in [0.05, 0.1) is 22.1 Å². The number of nitrogens with zero attached hydrogens (tertiary/aromatic N) is 2. The number of halogens is 1. The van der Waals surface area contributed by atoms with Crippen LogP contribution in [0.4, 0.5) is 0 Å². The summed E-state index contributed by atoms with van der Waals surface area (Å²) < 4.78 is 1.76. The van der Waals surface area contributed by atoms with Crippen LogP contribution >= 0.6 is 11.6 Å². The van der Waals surface area contributed by atoms with Crippen LogP contribution in [-0.2, 0) is 0 Å². The summed E-state index contributed by atoms with van der Waals surface area (Å²) in [5.74, 6) is 0.242. The van der Waals surface area contributed by atoms with Gasteiger partial charge in [0.2, 0.25) is 0 Å². The fraction of sp³-hybridized carbons (Fsp3) is 0.182. The van der Waals surface area contributed by atoms with Gasteiger partial charge in [-0.3, -0.25) is 0 Å². The molecule has 0 spiro atoms. The Hall–Kier alpha value is -1.48. The Bertz CT molecular complexity index is 488. The van der Waals surface area contributed by atoms with Gasteiger partial charge in [0.25, 0.3) is 0 Å². The molecule has 0 saturated carbocycles. The van der Waals surface area contributed by atoms with Gasteiger partial charge >= 0.3 is 0 Å². The third-order valence-corrected chi connectivity index (χ3v) is 2.84. The molecule has 3 nitrogen and oxygen atoms in total. The van der Waals surface area contributed by atoms with Gasteiger partial charge in [-0.1, -0.05) is 11.6 Å². The smallest absolute Gasteiger partial charge is 0.115 e. The molecule has 0 unspecified atom stereocenters. The van der Waals surface area contributed by atoms with Gasteiger partial charge in [-0.05, 0) is 38.1 Å². The first kappa shape index (κ1) is 10.1. The first-order valence-electron chi connectivity index (χ1n) is 4.60. The molecule has 4 heteroatoms. The zero-order valence-electron chi connectivity index (χ0n) is 8.53. The summed E-state index contributed by atoms with van der Waals surface area (Å²) in [7, 11) is 0. The van der Waals surface area contributed by atoms with E-state index in [1.54, 1.807) is 28.9 Å². The molecule has 0 aliphatic rings. The standard InChI is InChI=1S/C11H11ClN2O/c1-7-11(12)8(2)14(13-7)9-3-5-10(15)6-4-9/h3-6,15H,1-2H3. The van der Waals surface area contributed by atoms with Gasteiger partial charge in [0.1, 0.15) is 5.75 Å². The van der Waals surface area contributed by atoms with Crippen molar-refractivity contribution in [1.29, 1.82) is 0 Å². The lowest BCUT2D eigenvalue weighted by atomic mass is 10.3. The van der Waals surface area contributed by atoms with E-state index in [9.17, 15) is 5.11 Å². The molecule has 1 N–H and O–H groups in total. The van der Waals surface area contributed by atoms with Gasteiger partial charge in [0.15, 0.2) is 0 Å². The van der Waals surface area contributed by atoms with Crippen LogP contribution in [-0.4, -0.2) is 14.9 Å². The van der Waals surface area contributed by atoms with Gasteiger partial charge in [-0.15, -0.1) is 0 Å². The third-order valence-electron chi connectivity index (χ3n) is 2.30. The first-order valence-corrected chi connectivity index (χ1v) is 4.98. The van der Waals surface area contributed by atoms with Crippen LogP contribution < -0.4 is 0 Å². The second-order valence-corrected chi connectivity index (χ2v) is 3.79. The largest absolute Gasteiger partial charge is 0.508 e. The highest BCUT2D eigenvalue weighted by Crippen LogP contribution is 2.23. The minimum Gasteiger partial charge on any atom is -0.508 e. The molecular weight excluding hydrogens is 212 g/mol. The number of phenols is 1. The van der Waals surface area contributed by atoms with Crippen LogP contribution in [0.3, 0.4) is 0 Å². The van der Waals surface area contributed by atoms with E-state index in [1.165, 1.54) is 0 Å². The van der Waals surface area contributed by atoms with E-state index in [-0.39, 0.29) is 5.75 Å². The van der Waals surface area contributed by atoms with Crippen molar-refractivity contribution in [3.8, 4) is 11.4 Å². The monoisotopic (exact) mass is 222 g/mol. The van der Waals surface area contributed by atoms with Crippen molar-refractivity contribution in [1.82, 2.24) is 9.78 Å². The quantitative estimate of drug-likeness (QED) is 0.806. The lowest BCUT2D eigenvalue weighted by molar-refractivity contribution is 0.475. The molecule has 0 radical (unpaired) electrons. The van der Waals surface area contributed by atoms with Crippen LogP contribution in [0, 0.1) is 13.8 Å². The van der Waals surface area contributed by atoms with E-state index in [0.29, 0.717) is 5.02 Å². The highest BCUT2D eigenvalue weighted by atomic mass is 35.5. The normalized spacial score (nSPS) is 10.6. The fourth-order valence-corrected chi connectivity index (χ4v) is 1.59. The highest BCUT2D eigenvalue weighted by Gasteiger charge is 2.09. The van der Waals surface area contributed by atoms with Gasteiger partial charge < -0.3 is 5.11 Å². The number of aromatic nitrogens is 2. The average molecular weight is 223 g/mol. The maximum absolute atomic E-state index is 9.18. The minimum absolute atomic E-state index is 0.242. The molecule has 0 aliphatic heterocycles. The van der Waals surface area contributed by atoms with Crippen molar-refractivity contribution < 1.29 is 5.11 Å². The molecule has 0 saturated heterocycles. The van der Waals surface area contributed by atoms with Crippen molar-refractivity contribution in [2.24, 2.45) is 0 Å². The zero-order valence-corrected chi connectivity index (χ0v) is 9.28. The number of aromatic hydroxyl groups is 1. The van der Waals surface area contributed by atoms with Crippen molar-refractivity contribution in [2.75, 3.05) is 0 Å². The Balaban J connectivity index is 2.54. The molecule has 2 aromatic rings. The topological polar surface area (TPSA) is 38.0 Å². The Morgan fingerprint density at radius 1 is 1.20 bits per heavy atom. The second-order valence-electron chi connectivity index (χ2n) is 3.41. The molecule has 78 valence electrons. The number of rotatable bonds is 1. The summed E-state index contributed by atoms with van der Waals surface area (Å²) in [5, 5.41) is 14.2. The van der Waals surface area contributed by atoms with E-state index in [2.05, 4.69) is 5.10 Å². The SMILES string of the molecule is Cc1nn(-c2ccc(O)cc2)c(C)c1Cl. The minimum atomic E-state index is 0.242. The van der Waals surface area contributed by atoms with Crippen LogP contribution in [0.25, 0.3) is 5.69 Å². The van der Waals surface area contributed by atoms with Crippen LogP contribution in [0.1, 0.15) is 11.4 Å². The molecule has 0 aliphatic carbocycles. The third kappa shape index (κ3) is 1.70. The molecule has 0 amide bonds. The molecule has 15 heavy (non-hydrogen) atoms. The van der Waals surface area contributed by atoms with Gasteiger partial charge in [-0.2, -0.15) is 5.10 Å². The van der Waals surface area contributed by atoms with Crippen LogP contribution in [0.15, 0.2) is 24.3 Å². The predicted molar refractivity (Wildman–Crippen MR) is 59.7 cm³/mol. The van der Waals surface area contributed by atoms with Crippen molar-refractivity contribution in [3.63, 3.8) is 0 Å². The summed E-state index contributed by atoms with van der Waals surface area (Å²) in [6.07, 6.45) is 0. The van der Waals surface area contributed by atoms with Crippen LogP contribution in [0.2, 0.25) is 5.02 Å². The Labute approximate surface area is 92.9 Å². The Kier molecular flexibility index (Phi) is 2.40.